The largest absolute Gasteiger partial charge is 0.357 e. The van der Waals surface area contributed by atoms with Crippen molar-refractivity contribution in [2.24, 2.45) is 10.9 Å². The highest BCUT2D eigenvalue weighted by Gasteiger charge is 2.10. The van der Waals surface area contributed by atoms with Crippen molar-refractivity contribution >= 4 is 29.2 Å². The fourth-order valence-electron chi connectivity index (χ4n) is 1.93. The number of halogens is 1. The normalized spacial score (nSPS) is 12.9. The lowest BCUT2D eigenvalue weighted by Crippen LogP contribution is -2.44. The summed E-state index contributed by atoms with van der Waals surface area (Å²) in [6, 6.07) is 5.79. The van der Waals surface area contributed by atoms with Crippen molar-refractivity contribution in [2.75, 3.05) is 18.4 Å². The van der Waals surface area contributed by atoms with Crippen molar-refractivity contribution in [3.8, 4) is 0 Å². The molecule has 1 unspecified atom stereocenters. The van der Waals surface area contributed by atoms with E-state index >= 15 is 0 Å². The van der Waals surface area contributed by atoms with Crippen LogP contribution < -0.4 is 16.0 Å². The fourth-order valence-corrected chi connectivity index (χ4v) is 2.10. The van der Waals surface area contributed by atoms with Gasteiger partial charge in [0.1, 0.15) is 0 Å². The number of amides is 1. The lowest BCUT2D eigenvalue weighted by Gasteiger charge is -2.20. The van der Waals surface area contributed by atoms with Gasteiger partial charge in [0.05, 0.1) is 6.54 Å². The molecular weight excluding hydrogens is 324 g/mol. The fraction of sp³-hybridized carbons (Fsp3) is 0.556. The summed E-state index contributed by atoms with van der Waals surface area (Å²) in [5.74, 6) is 1.17. The zero-order chi connectivity index (χ0) is 18.1. The Hall–Kier alpha value is -1.75. The molecule has 0 aliphatic heterocycles. The molecular formula is C18H29ClN4O. The molecule has 1 aromatic carbocycles. The molecule has 0 heterocycles. The number of benzene rings is 1. The molecule has 0 radical (unpaired) electrons. The number of anilines is 1. The number of hydrogen-bond donors (Lipinski definition) is 3. The molecule has 0 spiro atoms. The van der Waals surface area contributed by atoms with E-state index in [1.807, 2.05) is 26.0 Å². The number of guanidine groups is 1. The van der Waals surface area contributed by atoms with Crippen LogP contribution in [0.1, 0.15) is 39.7 Å². The van der Waals surface area contributed by atoms with E-state index in [9.17, 15) is 4.79 Å². The first-order valence-corrected chi connectivity index (χ1v) is 8.82. The lowest BCUT2D eigenvalue weighted by molar-refractivity contribution is -0.116. The van der Waals surface area contributed by atoms with Crippen LogP contribution in [0, 0.1) is 12.8 Å². The Balaban J connectivity index is 2.56. The van der Waals surface area contributed by atoms with Gasteiger partial charge in [0.2, 0.25) is 5.91 Å². The van der Waals surface area contributed by atoms with E-state index in [0.717, 1.165) is 23.8 Å². The Bertz CT molecular complexity index is 572. The smallest absolute Gasteiger partial charge is 0.226 e. The monoisotopic (exact) mass is 352 g/mol. The minimum absolute atomic E-state index is 0.0723. The number of aliphatic imine (C=N–C) groups is 1. The summed E-state index contributed by atoms with van der Waals surface area (Å²) in [5, 5.41) is 10.1. The van der Waals surface area contributed by atoms with E-state index in [0.29, 0.717) is 29.9 Å². The van der Waals surface area contributed by atoms with Gasteiger partial charge in [-0.2, -0.15) is 0 Å². The Morgan fingerprint density at radius 1 is 1.29 bits per heavy atom. The highest BCUT2D eigenvalue weighted by Crippen LogP contribution is 2.22. The Labute approximate surface area is 150 Å². The van der Waals surface area contributed by atoms with Crippen molar-refractivity contribution in [2.45, 2.75) is 47.1 Å². The molecule has 0 saturated carbocycles. The zero-order valence-corrected chi connectivity index (χ0v) is 16.0. The molecule has 0 aliphatic carbocycles. The van der Waals surface area contributed by atoms with Gasteiger partial charge in [-0.3, -0.25) is 9.79 Å². The minimum atomic E-state index is -0.0723. The van der Waals surface area contributed by atoms with E-state index in [1.54, 1.807) is 6.07 Å². The molecule has 3 N–H and O–H groups in total. The summed E-state index contributed by atoms with van der Waals surface area (Å²) < 4.78 is 0. The molecule has 0 aromatic heterocycles. The van der Waals surface area contributed by atoms with Crippen LogP contribution in [0.15, 0.2) is 23.2 Å². The maximum absolute atomic E-state index is 12.1. The predicted molar refractivity (Wildman–Crippen MR) is 103 cm³/mol. The standard InChI is InChI=1S/C18H29ClN4O/c1-6-20-18(22-14(5)12(2)3)21-11-10-17(24)23-16-9-7-8-15(19)13(16)4/h7-9,12,14H,6,10-11H2,1-5H3,(H,23,24)(H2,20,21,22). The molecule has 134 valence electrons. The number of carbonyl (C=O) groups is 1. The lowest BCUT2D eigenvalue weighted by atomic mass is 10.1. The summed E-state index contributed by atoms with van der Waals surface area (Å²) >= 11 is 6.06. The van der Waals surface area contributed by atoms with Crippen molar-refractivity contribution in [3.05, 3.63) is 28.8 Å². The number of hydrogen-bond acceptors (Lipinski definition) is 2. The summed E-state index contributed by atoms with van der Waals surface area (Å²) in [6.07, 6.45) is 0.318. The van der Waals surface area contributed by atoms with Crippen LogP contribution in [0.25, 0.3) is 0 Å². The Kier molecular flexibility index (Phi) is 8.61. The van der Waals surface area contributed by atoms with Gasteiger partial charge >= 0.3 is 0 Å². The van der Waals surface area contributed by atoms with Crippen molar-refractivity contribution in [1.29, 1.82) is 0 Å². The predicted octanol–water partition coefficient (Wildman–Crippen LogP) is 3.58. The van der Waals surface area contributed by atoms with Gasteiger partial charge in [-0.15, -0.1) is 0 Å². The molecule has 1 atom stereocenters. The van der Waals surface area contributed by atoms with Gasteiger partial charge in [-0.25, -0.2) is 0 Å². The van der Waals surface area contributed by atoms with E-state index < -0.39 is 0 Å². The molecule has 1 amide bonds. The topological polar surface area (TPSA) is 65.5 Å². The first-order valence-electron chi connectivity index (χ1n) is 8.45. The first-order chi connectivity index (χ1) is 11.3. The second-order valence-corrected chi connectivity index (χ2v) is 6.56. The number of nitrogens with one attached hydrogen (secondary N) is 3. The Morgan fingerprint density at radius 2 is 2.00 bits per heavy atom. The van der Waals surface area contributed by atoms with Crippen LogP contribution in [0.3, 0.4) is 0 Å². The maximum atomic E-state index is 12.1. The maximum Gasteiger partial charge on any atom is 0.226 e. The van der Waals surface area contributed by atoms with Gasteiger partial charge in [-0.1, -0.05) is 31.5 Å². The third kappa shape index (κ3) is 6.79. The van der Waals surface area contributed by atoms with E-state index in [2.05, 4.69) is 41.7 Å². The van der Waals surface area contributed by atoms with Crippen LogP contribution in [0.2, 0.25) is 5.02 Å². The number of carbonyl (C=O) groups excluding carboxylic acids is 1. The van der Waals surface area contributed by atoms with E-state index in [1.165, 1.54) is 0 Å². The number of rotatable bonds is 7. The molecule has 1 rings (SSSR count). The van der Waals surface area contributed by atoms with Crippen LogP contribution in [-0.2, 0) is 4.79 Å². The van der Waals surface area contributed by atoms with Gasteiger partial charge < -0.3 is 16.0 Å². The second kappa shape index (κ2) is 10.2. The minimum Gasteiger partial charge on any atom is -0.357 e. The van der Waals surface area contributed by atoms with Crippen molar-refractivity contribution in [1.82, 2.24) is 10.6 Å². The van der Waals surface area contributed by atoms with Crippen LogP contribution in [-0.4, -0.2) is 31.0 Å². The third-order valence-corrected chi connectivity index (χ3v) is 4.27. The molecule has 0 fully saturated rings. The highest BCUT2D eigenvalue weighted by atomic mass is 35.5. The molecule has 6 heteroatoms. The molecule has 0 bridgehead atoms. The summed E-state index contributed by atoms with van der Waals surface area (Å²) in [4.78, 5) is 16.5. The van der Waals surface area contributed by atoms with Crippen molar-refractivity contribution in [3.63, 3.8) is 0 Å². The molecule has 0 saturated heterocycles. The van der Waals surface area contributed by atoms with Gasteiger partial charge in [-0.05, 0) is 44.4 Å². The highest BCUT2D eigenvalue weighted by molar-refractivity contribution is 6.31. The van der Waals surface area contributed by atoms with Gasteiger partial charge in [0.15, 0.2) is 5.96 Å². The SMILES string of the molecule is CCNC(=NCCC(=O)Nc1cccc(Cl)c1C)NC(C)C(C)C. The van der Waals surface area contributed by atoms with Gasteiger partial charge in [0, 0.05) is 29.7 Å². The molecule has 5 nitrogen and oxygen atoms in total. The quantitative estimate of drug-likeness (QED) is 0.519. The van der Waals surface area contributed by atoms with E-state index in [4.69, 9.17) is 11.6 Å². The van der Waals surface area contributed by atoms with Gasteiger partial charge in [0.25, 0.3) is 0 Å². The average Bonchev–Trinajstić information content (AvgIpc) is 2.51. The first kappa shape index (κ1) is 20.3. The Morgan fingerprint density at radius 3 is 2.62 bits per heavy atom. The second-order valence-electron chi connectivity index (χ2n) is 6.15. The summed E-state index contributed by atoms with van der Waals surface area (Å²) in [6.45, 7) is 11.5. The average molecular weight is 353 g/mol. The van der Waals surface area contributed by atoms with E-state index in [-0.39, 0.29) is 5.91 Å². The van der Waals surface area contributed by atoms with Crippen LogP contribution in [0.4, 0.5) is 5.69 Å². The van der Waals surface area contributed by atoms with Crippen LogP contribution in [0.5, 0.6) is 0 Å². The van der Waals surface area contributed by atoms with Crippen LogP contribution >= 0.6 is 11.6 Å². The zero-order valence-electron chi connectivity index (χ0n) is 15.2. The number of nitrogens with zero attached hydrogens (tertiary/aromatic N) is 1. The summed E-state index contributed by atoms with van der Waals surface area (Å²) in [7, 11) is 0. The molecule has 24 heavy (non-hydrogen) atoms. The van der Waals surface area contributed by atoms with Crippen molar-refractivity contribution < 1.29 is 4.79 Å². The third-order valence-electron chi connectivity index (χ3n) is 3.86. The molecule has 0 aliphatic rings. The summed E-state index contributed by atoms with van der Waals surface area (Å²) in [5.41, 5.74) is 1.62. The molecule has 1 aromatic rings.